The molecule has 4 nitrogen and oxygen atoms in total. The molecule has 0 aliphatic rings. The Morgan fingerprint density at radius 3 is 2.59 bits per heavy atom. The zero-order valence-corrected chi connectivity index (χ0v) is 10.2. The largest absolute Gasteiger partial charge is 0.396 e. The summed E-state index contributed by atoms with van der Waals surface area (Å²) in [4.78, 5) is 0. The summed E-state index contributed by atoms with van der Waals surface area (Å²) < 4.78 is 1.82. The van der Waals surface area contributed by atoms with Crippen molar-refractivity contribution in [3.05, 3.63) is 46.8 Å². The molecule has 1 aromatic heterocycles. The predicted molar refractivity (Wildman–Crippen MR) is 65.8 cm³/mol. The summed E-state index contributed by atoms with van der Waals surface area (Å²) in [6.45, 7) is 5.06. The summed E-state index contributed by atoms with van der Waals surface area (Å²) in [6.07, 6.45) is 2.45. The molecule has 0 atom stereocenters. The molecule has 0 aliphatic heterocycles. The van der Waals surface area contributed by atoms with E-state index in [0.717, 1.165) is 12.2 Å². The van der Waals surface area contributed by atoms with E-state index in [2.05, 4.69) is 42.4 Å². The van der Waals surface area contributed by atoms with E-state index in [9.17, 15) is 0 Å². The smallest absolute Gasteiger partial charge is 0.0850 e. The van der Waals surface area contributed by atoms with E-state index in [-0.39, 0.29) is 6.61 Å². The van der Waals surface area contributed by atoms with E-state index in [4.69, 9.17) is 5.11 Å². The molecule has 0 saturated carbocycles. The van der Waals surface area contributed by atoms with Crippen LogP contribution in [0.25, 0.3) is 0 Å². The Morgan fingerprint density at radius 2 is 1.94 bits per heavy atom. The van der Waals surface area contributed by atoms with Crippen molar-refractivity contribution in [3.8, 4) is 0 Å². The van der Waals surface area contributed by atoms with Crippen LogP contribution in [0.3, 0.4) is 0 Å². The minimum atomic E-state index is 0.113. The van der Waals surface area contributed by atoms with Crippen LogP contribution in [0.5, 0.6) is 0 Å². The minimum absolute atomic E-state index is 0.113. The highest BCUT2D eigenvalue weighted by molar-refractivity contribution is 5.33. The Bertz CT molecular complexity index is 485. The first-order valence-corrected chi connectivity index (χ1v) is 5.75. The number of aromatic nitrogens is 3. The molecule has 90 valence electrons. The second kappa shape index (κ2) is 5.10. The predicted octanol–water partition coefficient (Wildman–Crippen LogP) is 1.48. The molecule has 1 aromatic carbocycles. The van der Waals surface area contributed by atoms with Gasteiger partial charge in [-0.2, -0.15) is 0 Å². The number of hydrogen-bond donors (Lipinski definition) is 1. The number of aliphatic hydroxyl groups is 1. The number of benzene rings is 1. The lowest BCUT2D eigenvalue weighted by molar-refractivity contribution is 0.298. The van der Waals surface area contributed by atoms with E-state index in [0.29, 0.717) is 6.42 Å². The van der Waals surface area contributed by atoms with Crippen molar-refractivity contribution in [2.75, 3.05) is 6.61 Å². The van der Waals surface area contributed by atoms with E-state index < -0.39 is 0 Å². The lowest BCUT2D eigenvalue weighted by Gasteiger charge is -2.08. The molecule has 2 rings (SSSR count). The molecule has 0 saturated heterocycles. The van der Waals surface area contributed by atoms with Gasteiger partial charge in [-0.15, -0.1) is 5.10 Å². The highest BCUT2D eigenvalue weighted by Gasteiger charge is 2.05. The summed E-state index contributed by atoms with van der Waals surface area (Å²) >= 11 is 0. The Balaban J connectivity index is 2.19. The second-order valence-electron chi connectivity index (χ2n) is 4.25. The quantitative estimate of drug-likeness (QED) is 0.867. The molecule has 0 radical (unpaired) electrons. The first kappa shape index (κ1) is 11.8. The highest BCUT2D eigenvalue weighted by Crippen LogP contribution is 2.14. The van der Waals surface area contributed by atoms with Crippen molar-refractivity contribution < 1.29 is 5.11 Å². The lowest BCUT2D eigenvalue weighted by atomic mass is 10.0. The summed E-state index contributed by atoms with van der Waals surface area (Å²) in [6, 6.07) is 6.27. The summed E-state index contributed by atoms with van der Waals surface area (Å²) in [7, 11) is 0. The Labute approximate surface area is 101 Å². The monoisotopic (exact) mass is 231 g/mol. The van der Waals surface area contributed by atoms with Crippen LogP contribution in [-0.2, 0) is 13.0 Å². The van der Waals surface area contributed by atoms with Gasteiger partial charge >= 0.3 is 0 Å². The van der Waals surface area contributed by atoms with Crippen molar-refractivity contribution >= 4 is 0 Å². The van der Waals surface area contributed by atoms with Gasteiger partial charge in [0.25, 0.3) is 0 Å². The van der Waals surface area contributed by atoms with Gasteiger partial charge in [0.1, 0.15) is 0 Å². The summed E-state index contributed by atoms with van der Waals surface area (Å²) in [5, 5.41) is 16.9. The van der Waals surface area contributed by atoms with Crippen molar-refractivity contribution in [3.63, 3.8) is 0 Å². The van der Waals surface area contributed by atoms with E-state index in [1.807, 2.05) is 10.9 Å². The third kappa shape index (κ3) is 2.71. The van der Waals surface area contributed by atoms with E-state index >= 15 is 0 Å². The first-order valence-electron chi connectivity index (χ1n) is 5.75. The zero-order valence-electron chi connectivity index (χ0n) is 10.2. The molecule has 1 N–H and O–H groups in total. The van der Waals surface area contributed by atoms with Crippen LogP contribution in [0.2, 0.25) is 0 Å². The zero-order chi connectivity index (χ0) is 12.3. The minimum Gasteiger partial charge on any atom is -0.396 e. The molecular weight excluding hydrogens is 214 g/mol. The van der Waals surface area contributed by atoms with Crippen LogP contribution in [0.15, 0.2) is 24.4 Å². The summed E-state index contributed by atoms with van der Waals surface area (Å²) in [5.41, 5.74) is 4.65. The first-order chi connectivity index (χ1) is 8.20. The molecule has 17 heavy (non-hydrogen) atoms. The van der Waals surface area contributed by atoms with Crippen molar-refractivity contribution in [2.24, 2.45) is 0 Å². The van der Waals surface area contributed by atoms with Crippen LogP contribution in [0, 0.1) is 13.8 Å². The van der Waals surface area contributed by atoms with Gasteiger partial charge in [-0.25, -0.2) is 4.68 Å². The van der Waals surface area contributed by atoms with Crippen molar-refractivity contribution in [1.82, 2.24) is 15.0 Å². The van der Waals surface area contributed by atoms with Gasteiger partial charge in [0.15, 0.2) is 0 Å². The maximum Gasteiger partial charge on any atom is 0.0850 e. The average molecular weight is 231 g/mol. The molecule has 0 bridgehead atoms. The third-order valence-electron chi connectivity index (χ3n) is 2.92. The van der Waals surface area contributed by atoms with Crippen LogP contribution in [0.4, 0.5) is 0 Å². The molecule has 0 spiro atoms. The fourth-order valence-electron chi connectivity index (χ4n) is 1.91. The Kier molecular flexibility index (Phi) is 3.54. The molecule has 0 amide bonds. The molecule has 0 unspecified atom stereocenters. The Hall–Kier alpha value is -1.68. The van der Waals surface area contributed by atoms with Crippen LogP contribution < -0.4 is 0 Å². The second-order valence-corrected chi connectivity index (χ2v) is 4.25. The van der Waals surface area contributed by atoms with Crippen LogP contribution in [-0.4, -0.2) is 26.7 Å². The average Bonchev–Trinajstić information content (AvgIpc) is 2.72. The van der Waals surface area contributed by atoms with Crippen LogP contribution >= 0.6 is 0 Å². The molecule has 2 aromatic rings. The lowest BCUT2D eigenvalue weighted by Crippen LogP contribution is -2.04. The number of aryl methyl sites for hydroxylation is 2. The Morgan fingerprint density at radius 1 is 1.24 bits per heavy atom. The molecule has 4 heteroatoms. The van der Waals surface area contributed by atoms with Crippen molar-refractivity contribution in [1.29, 1.82) is 0 Å². The third-order valence-corrected chi connectivity index (χ3v) is 2.92. The topological polar surface area (TPSA) is 50.9 Å². The maximum absolute atomic E-state index is 8.83. The standard InChI is InChI=1S/C13H17N3O/c1-10-4-3-5-11(2)13(10)9-16-8-12(6-7-17)14-15-16/h3-5,8,17H,6-7,9H2,1-2H3. The normalized spacial score (nSPS) is 10.8. The van der Waals surface area contributed by atoms with Gasteiger partial charge in [-0.3, -0.25) is 0 Å². The van der Waals surface area contributed by atoms with Crippen molar-refractivity contribution in [2.45, 2.75) is 26.8 Å². The van der Waals surface area contributed by atoms with Gasteiger partial charge in [0.2, 0.25) is 0 Å². The number of nitrogens with zero attached hydrogens (tertiary/aromatic N) is 3. The molecular formula is C13H17N3O. The summed E-state index contributed by atoms with van der Waals surface area (Å²) in [5.74, 6) is 0. The van der Waals surface area contributed by atoms with E-state index in [1.54, 1.807) is 0 Å². The molecule has 0 fully saturated rings. The number of rotatable bonds is 4. The van der Waals surface area contributed by atoms with Gasteiger partial charge < -0.3 is 5.11 Å². The maximum atomic E-state index is 8.83. The van der Waals surface area contributed by atoms with E-state index in [1.165, 1.54) is 16.7 Å². The van der Waals surface area contributed by atoms with Crippen LogP contribution in [0.1, 0.15) is 22.4 Å². The van der Waals surface area contributed by atoms with Gasteiger partial charge in [-0.1, -0.05) is 23.4 Å². The number of aliphatic hydroxyl groups excluding tert-OH is 1. The fourth-order valence-corrected chi connectivity index (χ4v) is 1.91. The molecule has 0 aliphatic carbocycles. The molecule has 1 heterocycles. The fraction of sp³-hybridized carbons (Fsp3) is 0.385. The van der Waals surface area contributed by atoms with Gasteiger partial charge in [-0.05, 0) is 30.5 Å². The van der Waals surface area contributed by atoms with Gasteiger partial charge in [0, 0.05) is 19.2 Å². The van der Waals surface area contributed by atoms with Gasteiger partial charge in [0.05, 0.1) is 12.2 Å². The highest BCUT2D eigenvalue weighted by atomic mass is 16.3. The SMILES string of the molecule is Cc1cccc(C)c1Cn1cc(CCO)nn1. The number of hydrogen-bond acceptors (Lipinski definition) is 3.